The third-order valence-electron chi connectivity index (χ3n) is 3.52. The minimum absolute atomic E-state index is 0.0143. The van der Waals surface area contributed by atoms with Gasteiger partial charge in [0.2, 0.25) is 0 Å². The van der Waals surface area contributed by atoms with E-state index in [2.05, 4.69) is 16.4 Å². The van der Waals surface area contributed by atoms with Crippen LogP contribution in [0, 0.1) is 0 Å². The molecule has 23 heavy (non-hydrogen) atoms. The largest absolute Gasteiger partial charge is 0.399 e. The lowest BCUT2D eigenvalue weighted by atomic mass is 10.1. The fourth-order valence-electron chi connectivity index (χ4n) is 2.20. The molecule has 0 aliphatic carbocycles. The van der Waals surface area contributed by atoms with Crippen molar-refractivity contribution in [3.8, 4) is 0 Å². The molecule has 0 heterocycles. The molecule has 0 aromatic heterocycles. The second-order valence-corrected chi connectivity index (χ2v) is 7.00. The Kier molecular flexibility index (Phi) is 16.5. The van der Waals surface area contributed by atoms with Crippen molar-refractivity contribution in [2.45, 2.75) is 71.1 Å². The van der Waals surface area contributed by atoms with Crippen LogP contribution in [0.15, 0.2) is 0 Å². The van der Waals surface area contributed by atoms with Gasteiger partial charge in [-0.05, 0) is 6.42 Å². The van der Waals surface area contributed by atoms with E-state index in [1.165, 1.54) is 44.9 Å². The fourth-order valence-corrected chi connectivity index (χ4v) is 2.88. The predicted octanol–water partition coefficient (Wildman–Crippen LogP) is 2.77. The van der Waals surface area contributed by atoms with Gasteiger partial charge < -0.3 is 10.4 Å². The number of rotatable bonds is 18. The van der Waals surface area contributed by atoms with Crippen molar-refractivity contribution in [3.63, 3.8) is 0 Å². The van der Waals surface area contributed by atoms with Gasteiger partial charge in [-0.3, -0.25) is 0 Å². The molecule has 140 valence electrons. The molecule has 0 aliphatic rings. The molecule has 0 rings (SSSR count). The summed E-state index contributed by atoms with van der Waals surface area (Å²) in [7, 11) is -3.88. The Labute approximate surface area is 142 Å². The molecule has 0 unspecified atom stereocenters. The standard InChI is InChI=1S/C16H35NO5S/c1-2-3-4-5-6-7-8-9-10-11-15-21-23(19,20)22-16-13-17-12-14-18/h17-18H,2-16H2,1H3. The van der Waals surface area contributed by atoms with Crippen molar-refractivity contribution in [2.24, 2.45) is 0 Å². The Hall–Kier alpha value is -0.210. The molecule has 0 saturated heterocycles. The number of hydrogen-bond acceptors (Lipinski definition) is 6. The molecular formula is C16H35NO5S. The smallest absolute Gasteiger partial charge is 0.395 e. The van der Waals surface area contributed by atoms with Crippen molar-refractivity contribution >= 4 is 10.4 Å². The summed E-state index contributed by atoms with van der Waals surface area (Å²) in [6, 6.07) is 0. The maximum atomic E-state index is 11.4. The summed E-state index contributed by atoms with van der Waals surface area (Å²) in [5.74, 6) is 0. The van der Waals surface area contributed by atoms with E-state index in [9.17, 15) is 8.42 Å². The first-order valence-corrected chi connectivity index (χ1v) is 10.3. The number of aliphatic hydroxyl groups excluding tert-OH is 1. The first kappa shape index (κ1) is 22.8. The minimum Gasteiger partial charge on any atom is -0.395 e. The maximum Gasteiger partial charge on any atom is 0.399 e. The average Bonchev–Trinajstić information content (AvgIpc) is 2.52. The molecule has 0 amide bonds. The normalized spacial score (nSPS) is 11.9. The van der Waals surface area contributed by atoms with E-state index < -0.39 is 10.4 Å². The molecule has 0 radical (unpaired) electrons. The van der Waals surface area contributed by atoms with Crippen LogP contribution in [-0.2, 0) is 18.8 Å². The first-order valence-electron chi connectivity index (χ1n) is 8.97. The molecule has 6 nitrogen and oxygen atoms in total. The molecule has 2 N–H and O–H groups in total. The van der Waals surface area contributed by atoms with Crippen LogP contribution in [-0.4, -0.2) is 46.4 Å². The van der Waals surface area contributed by atoms with Crippen molar-refractivity contribution in [2.75, 3.05) is 32.9 Å². The van der Waals surface area contributed by atoms with Crippen LogP contribution in [0.1, 0.15) is 71.1 Å². The van der Waals surface area contributed by atoms with Gasteiger partial charge in [-0.1, -0.05) is 64.7 Å². The van der Waals surface area contributed by atoms with E-state index in [0.29, 0.717) is 13.1 Å². The Balaban J connectivity index is 3.32. The van der Waals surface area contributed by atoms with E-state index in [1.54, 1.807) is 0 Å². The SMILES string of the molecule is CCCCCCCCCCCCOS(=O)(=O)OCCNCCO. The number of nitrogens with one attached hydrogen (secondary N) is 1. The summed E-state index contributed by atoms with van der Waals surface area (Å²) in [5.41, 5.74) is 0. The summed E-state index contributed by atoms with van der Waals surface area (Å²) < 4.78 is 32.3. The van der Waals surface area contributed by atoms with E-state index in [-0.39, 0.29) is 19.8 Å². The van der Waals surface area contributed by atoms with Gasteiger partial charge in [0.25, 0.3) is 0 Å². The topological polar surface area (TPSA) is 84.9 Å². The second-order valence-electron chi connectivity index (χ2n) is 5.71. The zero-order chi connectivity index (χ0) is 17.2. The summed E-state index contributed by atoms with van der Waals surface area (Å²) >= 11 is 0. The van der Waals surface area contributed by atoms with E-state index >= 15 is 0 Å². The summed E-state index contributed by atoms with van der Waals surface area (Å²) in [5, 5.41) is 11.4. The predicted molar refractivity (Wildman–Crippen MR) is 92.6 cm³/mol. The lowest BCUT2D eigenvalue weighted by Gasteiger charge is -2.06. The summed E-state index contributed by atoms with van der Waals surface area (Å²) in [6.07, 6.45) is 11.9. The average molecular weight is 354 g/mol. The highest BCUT2D eigenvalue weighted by Crippen LogP contribution is 2.10. The second kappa shape index (κ2) is 16.6. The van der Waals surface area contributed by atoms with Crippen molar-refractivity contribution in [1.29, 1.82) is 0 Å². The Morgan fingerprint density at radius 1 is 0.783 bits per heavy atom. The summed E-state index contributed by atoms with van der Waals surface area (Å²) in [6.45, 7) is 3.22. The summed E-state index contributed by atoms with van der Waals surface area (Å²) in [4.78, 5) is 0. The minimum atomic E-state index is -3.88. The van der Waals surface area contributed by atoms with E-state index in [4.69, 9.17) is 9.29 Å². The van der Waals surface area contributed by atoms with Gasteiger partial charge in [0.05, 0.1) is 19.8 Å². The lowest BCUT2D eigenvalue weighted by Crippen LogP contribution is -2.24. The Morgan fingerprint density at radius 2 is 1.30 bits per heavy atom. The zero-order valence-electron chi connectivity index (χ0n) is 14.6. The van der Waals surface area contributed by atoms with E-state index in [0.717, 1.165) is 19.3 Å². The molecule has 7 heteroatoms. The third-order valence-corrected chi connectivity index (χ3v) is 4.43. The van der Waals surface area contributed by atoms with Crippen LogP contribution in [0.5, 0.6) is 0 Å². The lowest BCUT2D eigenvalue weighted by molar-refractivity contribution is 0.209. The van der Waals surface area contributed by atoms with Gasteiger partial charge in [-0.25, -0.2) is 8.37 Å². The highest BCUT2D eigenvalue weighted by atomic mass is 32.3. The highest BCUT2D eigenvalue weighted by Gasteiger charge is 2.10. The molecule has 0 saturated carbocycles. The number of hydrogen-bond donors (Lipinski definition) is 2. The Bertz CT molecular complexity index is 335. The molecule has 0 aromatic carbocycles. The Morgan fingerprint density at radius 3 is 1.87 bits per heavy atom. The van der Waals surface area contributed by atoms with Crippen LogP contribution in [0.3, 0.4) is 0 Å². The van der Waals surface area contributed by atoms with Crippen LogP contribution < -0.4 is 5.32 Å². The number of aliphatic hydroxyl groups is 1. The molecule has 0 atom stereocenters. The van der Waals surface area contributed by atoms with Crippen LogP contribution in [0.4, 0.5) is 0 Å². The van der Waals surface area contributed by atoms with Crippen molar-refractivity contribution < 1.29 is 21.9 Å². The molecule has 0 spiro atoms. The van der Waals surface area contributed by atoms with Gasteiger partial charge >= 0.3 is 10.4 Å². The fraction of sp³-hybridized carbons (Fsp3) is 1.00. The van der Waals surface area contributed by atoms with Gasteiger partial charge in [-0.15, -0.1) is 0 Å². The van der Waals surface area contributed by atoms with Crippen molar-refractivity contribution in [3.05, 3.63) is 0 Å². The molecule has 0 bridgehead atoms. The van der Waals surface area contributed by atoms with Crippen LogP contribution >= 0.6 is 0 Å². The molecule has 0 fully saturated rings. The maximum absolute atomic E-state index is 11.4. The van der Waals surface area contributed by atoms with Gasteiger partial charge in [0.15, 0.2) is 0 Å². The van der Waals surface area contributed by atoms with Gasteiger partial charge in [0.1, 0.15) is 0 Å². The number of unbranched alkanes of at least 4 members (excludes halogenated alkanes) is 9. The molecular weight excluding hydrogens is 318 g/mol. The monoisotopic (exact) mass is 353 g/mol. The van der Waals surface area contributed by atoms with Crippen molar-refractivity contribution in [1.82, 2.24) is 5.32 Å². The van der Waals surface area contributed by atoms with Gasteiger partial charge in [0, 0.05) is 13.1 Å². The molecule has 0 aromatic rings. The highest BCUT2D eigenvalue weighted by molar-refractivity contribution is 7.81. The van der Waals surface area contributed by atoms with Crippen LogP contribution in [0.2, 0.25) is 0 Å². The van der Waals surface area contributed by atoms with E-state index in [1.807, 2.05) is 0 Å². The quantitative estimate of drug-likeness (QED) is 0.369. The van der Waals surface area contributed by atoms with Crippen LogP contribution in [0.25, 0.3) is 0 Å². The third kappa shape index (κ3) is 18.0. The zero-order valence-corrected chi connectivity index (χ0v) is 15.4. The van der Waals surface area contributed by atoms with Gasteiger partial charge in [-0.2, -0.15) is 8.42 Å². The molecule has 0 aliphatic heterocycles. The first-order chi connectivity index (χ1) is 11.1.